The first kappa shape index (κ1) is 29.7. The van der Waals surface area contributed by atoms with E-state index in [2.05, 4.69) is 140 Å². The summed E-state index contributed by atoms with van der Waals surface area (Å²) in [6, 6.07) is 51.1. The summed E-state index contributed by atoms with van der Waals surface area (Å²) in [6.07, 6.45) is 0. The number of rotatable bonds is 9. The molecule has 0 unspecified atom stereocenters. The Hall–Kier alpha value is -5.68. The number of aliphatic hydroxyl groups excluding tert-OH is 2. The van der Waals surface area contributed by atoms with Crippen LogP contribution >= 0.6 is 0 Å². The molecule has 234 valence electrons. The van der Waals surface area contributed by atoms with Crippen molar-refractivity contribution in [1.82, 2.24) is 0 Å². The number of aliphatic hydroxyl groups is 2. The van der Waals surface area contributed by atoms with Gasteiger partial charge in [0, 0.05) is 10.9 Å². The first-order valence-corrected chi connectivity index (χ1v) is 16.3. The number of ether oxygens (including phenoxy) is 2. The van der Waals surface area contributed by atoms with Crippen LogP contribution in [0.1, 0.15) is 0 Å². The SMILES string of the molecule is OCCOc1cc2cccc(-c3cccc4ccccc34)c2c(-c2cccc3cccc(-c4cccc5ccccc45)c23)c1OCCO. The van der Waals surface area contributed by atoms with Crippen LogP contribution in [0.5, 0.6) is 11.5 Å². The van der Waals surface area contributed by atoms with Crippen molar-refractivity contribution in [2.75, 3.05) is 26.4 Å². The maximum Gasteiger partial charge on any atom is 0.169 e. The van der Waals surface area contributed by atoms with Gasteiger partial charge >= 0.3 is 0 Å². The first-order valence-electron chi connectivity index (χ1n) is 16.3. The molecule has 0 bridgehead atoms. The van der Waals surface area contributed by atoms with Gasteiger partial charge < -0.3 is 19.7 Å². The molecule has 8 aromatic rings. The highest BCUT2D eigenvalue weighted by atomic mass is 16.5. The lowest BCUT2D eigenvalue weighted by molar-refractivity contribution is 0.179. The standard InChI is InChI=1S/C44H34O4/c45-24-26-47-40-28-32-16-9-22-38(36-20-6-13-30-11-2-4-18-34(30)36)42(32)43(44(40)48-27-25-46)39-23-8-15-31-14-7-21-37(41(31)39)35-19-5-12-29-10-1-3-17-33(29)35/h1-23,28,45-46H,24-27H2. The van der Waals surface area contributed by atoms with Crippen molar-refractivity contribution in [3.8, 4) is 44.9 Å². The predicted octanol–water partition coefficient (Wildman–Crippen LogP) is 10.0. The molecular formula is C44H34O4. The number of hydrogen-bond donors (Lipinski definition) is 2. The Kier molecular flexibility index (Phi) is 7.95. The van der Waals surface area contributed by atoms with E-state index in [1.807, 2.05) is 6.07 Å². The molecule has 8 rings (SSSR count). The van der Waals surface area contributed by atoms with Gasteiger partial charge in [0.1, 0.15) is 13.2 Å². The second-order valence-electron chi connectivity index (χ2n) is 11.9. The fourth-order valence-corrected chi connectivity index (χ4v) is 7.14. The first-order chi connectivity index (χ1) is 23.8. The summed E-state index contributed by atoms with van der Waals surface area (Å²) < 4.78 is 12.7. The highest BCUT2D eigenvalue weighted by Gasteiger charge is 2.24. The van der Waals surface area contributed by atoms with E-state index in [4.69, 9.17) is 9.47 Å². The molecular weight excluding hydrogens is 592 g/mol. The summed E-state index contributed by atoms with van der Waals surface area (Å²) in [5.74, 6) is 1.06. The molecule has 0 atom stereocenters. The quantitative estimate of drug-likeness (QED) is 0.167. The summed E-state index contributed by atoms with van der Waals surface area (Å²) in [5, 5.41) is 28.6. The van der Waals surface area contributed by atoms with Gasteiger partial charge in [0.2, 0.25) is 0 Å². The Morgan fingerprint density at radius 3 is 1.46 bits per heavy atom. The minimum atomic E-state index is -0.154. The average Bonchev–Trinajstić information content (AvgIpc) is 3.14. The Morgan fingerprint density at radius 1 is 0.396 bits per heavy atom. The van der Waals surface area contributed by atoms with Crippen molar-refractivity contribution in [3.63, 3.8) is 0 Å². The van der Waals surface area contributed by atoms with E-state index >= 15 is 0 Å². The van der Waals surface area contributed by atoms with Crippen LogP contribution < -0.4 is 9.47 Å². The second kappa shape index (κ2) is 12.8. The van der Waals surface area contributed by atoms with Gasteiger partial charge in [-0.3, -0.25) is 0 Å². The molecule has 0 aromatic heterocycles. The lowest BCUT2D eigenvalue weighted by Crippen LogP contribution is -2.08. The predicted molar refractivity (Wildman–Crippen MR) is 198 cm³/mol. The molecule has 4 nitrogen and oxygen atoms in total. The Labute approximate surface area is 279 Å². The largest absolute Gasteiger partial charge is 0.487 e. The van der Waals surface area contributed by atoms with E-state index in [0.717, 1.165) is 65.7 Å². The third kappa shape index (κ3) is 5.12. The fourth-order valence-electron chi connectivity index (χ4n) is 7.14. The Morgan fingerprint density at radius 2 is 0.854 bits per heavy atom. The van der Waals surface area contributed by atoms with Crippen molar-refractivity contribution < 1.29 is 19.7 Å². The third-order valence-electron chi connectivity index (χ3n) is 9.10. The van der Waals surface area contributed by atoms with E-state index < -0.39 is 0 Å². The lowest BCUT2D eigenvalue weighted by atomic mass is 9.85. The summed E-state index contributed by atoms with van der Waals surface area (Å²) in [4.78, 5) is 0. The van der Waals surface area contributed by atoms with Gasteiger partial charge in [-0.25, -0.2) is 0 Å². The molecule has 0 radical (unpaired) electrons. The zero-order valence-electron chi connectivity index (χ0n) is 26.4. The van der Waals surface area contributed by atoms with E-state index in [1.165, 1.54) is 10.8 Å². The fraction of sp³-hybridized carbons (Fsp3) is 0.0909. The average molecular weight is 627 g/mol. The molecule has 48 heavy (non-hydrogen) atoms. The molecule has 0 aliphatic rings. The molecule has 0 saturated carbocycles. The normalized spacial score (nSPS) is 11.5. The highest BCUT2D eigenvalue weighted by molar-refractivity contribution is 6.19. The smallest absolute Gasteiger partial charge is 0.169 e. The molecule has 0 amide bonds. The molecule has 0 aliphatic heterocycles. The minimum absolute atomic E-state index is 0.0887. The molecule has 2 N–H and O–H groups in total. The maximum absolute atomic E-state index is 9.98. The maximum atomic E-state index is 9.98. The molecule has 4 heteroatoms. The van der Waals surface area contributed by atoms with Crippen LogP contribution in [0.3, 0.4) is 0 Å². The Balaban J connectivity index is 1.54. The Bertz CT molecular complexity index is 2430. The van der Waals surface area contributed by atoms with Crippen molar-refractivity contribution >= 4 is 43.1 Å². The summed E-state index contributed by atoms with van der Waals surface area (Å²) in [5.41, 5.74) is 6.33. The molecule has 8 aromatic carbocycles. The monoisotopic (exact) mass is 626 g/mol. The topological polar surface area (TPSA) is 58.9 Å². The molecule has 0 fully saturated rings. The van der Waals surface area contributed by atoms with Gasteiger partial charge in [0.25, 0.3) is 0 Å². The lowest BCUT2D eigenvalue weighted by Gasteiger charge is -2.23. The number of benzene rings is 8. The van der Waals surface area contributed by atoms with Gasteiger partial charge in [-0.05, 0) is 71.6 Å². The second-order valence-corrected chi connectivity index (χ2v) is 11.9. The third-order valence-corrected chi connectivity index (χ3v) is 9.10. The van der Waals surface area contributed by atoms with Crippen LogP contribution in [0.15, 0.2) is 146 Å². The van der Waals surface area contributed by atoms with E-state index in [1.54, 1.807) is 0 Å². The molecule has 0 saturated heterocycles. The van der Waals surface area contributed by atoms with Crippen LogP contribution in [0, 0.1) is 0 Å². The van der Waals surface area contributed by atoms with Crippen molar-refractivity contribution in [3.05, 3.63) is 146 Å². The summed E-state index contributed by atoms with van der Waals surface area (Å²) in [6.45, 7) is -0.0906. The van der Waals surface area contributed by atoms with Gasteiger partial charge in [-0.2, -0.15) is 0 Å². The van der Waals surface area contributed by atoms with Gasteiger partial charge in [-0.1, -0.05) is 140 Å². The molecule has 0 spiro atoms. The zero-order valence-corrected chi connectivity index (χ0v) is 26.4. The van der Waals surface area contributed by atoms with Gasteiger partial charge in [-0.15, -0.1) is 0 Å². The van der Waals surface area contributed by atoms with Crippen molar-refractivity contribution in [2.24, 2.45) is 0 Å². The van der Waals surface area contributed by atoms with Crippen LogP contribution in [0.25, 0.3) is 76.5 Å². The van der Waals surface area contributed by atoms with Gasteiger partial charge in [0.15, 0.2) is 11.5 Å². The molecule has 0 aliphatic carbocycles. The van der Waals surface area contributed by atoms with Gasteiger partial charge in [0.05, 0.1) is 13.2 Å². The number of hydrogen-bond acceptors (Lipinski definition) is 4. The van der Waals surface area contributed by atoms with Crippen LogP contribution in [0.2, 0.25) is 0 Å². The summed E-state index contributed by atoms with van der Waals surface area (Å²) >= 11 is 0. The highest BCUT2D eigenvalue weighted by Crippen LogP contribution is 2.51. The van der Waals surface area contributed by atoms with Crippen LogP contribution in [-0.2, 0) is 0 Å². The molecule has 0 heterocycles. The van der Waals surface area contributed by atoms with E-state index in [0.29, 0.717) is 11.5 Å². The van der Waals surface area contributed by atoms with Crippen molar-refractivity contribution in [2.45, 2.75) is 0 Å². The van der Waals surface area contributed by atoms with Crippen molar-refractivity contribution in [1.29, 1.82) is 0 Å². The van der Waals surface area contributed by atoms with E-state index in [9.17, 15) is 10.2 Å². The zero-order chi connectivity index (χ0) is 32.5. The minimum Gasteiger partial charge on any atom is -0.487 e. The van der Waals surface area contributed by atoms with Crippen LogP contribution in [-0.4, -0.2) is 36.6 Å². The van der Waals surface area contributed by atoms with Crippen LogP contribution in [0.4, 0.5) is 0 Å². The van der Waals surface area contributed by atoms with E-state index in [-0.39, 0.29) is 26.4 Å². The number of fused-ring (bicyclic) bond motifs is 4. The summed E-state index contributed by atoms with van der Waals surface area (Å²) in [7, 11) is 0.